The Hall–Kier alpha value is -2.53. The van der Waals surface area contributed by atoms with Gasteiger partial charge in [-0.2, -0.15) is 0 Å². The van der Waals surface area contributed by atoms with E-state index in [0.29, 0.717) is 5.57 Å². The Labute approximate surface area is 135 Å². The molecule has 1 aromatic heterocycles. The summed E-state index contributed by atoms with van der Waals surface area (Å²) >= 11 is 0.970. The van der Waals surface area contributed by atoms with Crippen molar-refractivity contribution in [3.8, 4) is 0 Å². The van der Waals surface area contributed by atoms with Gasteiger partial charge in [0.15, 0.2) is 5.13 Å². The zero-order chi connectivity index (χ0) is 16.6. The van der Waals surface area contributed by atoms with Gasteiger partial charge >= 0.3 is 0 Å². The number of amides is 2. The molecule has 0 saturated heterocycles. The van der Waals surface area contributed by atoms with Crippen LogP contribution in [0.25, 0.3) is 0 Å². The van der Waals surface area contributed by atoms with Crippen molar-refractivity contribution in [3.05, 3.63) is 35.0 Å². The van der Waals surface area contributed by atoms with E-state index in [1.54, 1.807) is 4.90 Å². The fraction of sp³-hybridized carbons (Fsp3) is 0.167. The molecule has 9 nitrogen and oxygen atoms in total. The van der Waals surface area contributed by atoms with Gasteiger partial charge in [-0.3, -0.25) is 14.9 Å². The van der Waals surface area contributed by atoms with Crippen LogP contribution in [0.1, 0.15) is 9.67 Å². The smallest absolute Gasteiger partial charge is 0.260 e. The summed E-state index contributed by atoms with van der Waals surface area (Å²) in [5.74, 6) is -0.878. The quantitative estimate of drug-likeness (QED) is 0.764. The van der Waals surface area contributed by atoms with Gasteiger partial charge in [-0.1, -0.05) is 11.3 Å². The molecular weight excluding hydrogens is 342 g/mol. The number of rotatable bonds is 3. The van der Waals surface area contributed by atoms with E-state index in [9.17, 15) is 18.0 Å². The molecule has 1 aromatic rings. The number of nitrogens with zero attached hydrogens (tertiary/aromatic N) is 3. The summed E-state index contributed by atoms with van der Waals surface area (Å²) in [5.41, 5.74) is 5.44. The first kappa shape index (κ1) is 15.4. The first-order valence-corrected chi connectivity index (χ1v) is 8.83. The molecule has 11 heteroatoms. The lowest BCUT2D eigenvalue weighted by Gasteiger charge is -2.26. The Morgan fingerprint density at radius 3 is 2.83 bits per heavy atom. The van der Waals surface area contributed by atoms with Crippen LogP contribution in [0.3, 0.4) is 0 Å². The number of fused-ring (bicyclic) bond motifs is 1. The van der Waals surface area contributed by atoms with Crippen LogP contribution in [0.5, 0.6) is 0 Å². The van der Waals surface area contributed by atoms with E-state index in [4.69, 9.17) is 5.73 Å². The van der Waals surface area contributed by atoms with Gasteiger partial charge in [0.2, 0.25) is 0 Å². The second-order valence-electron chi connectivity index (χ2n) is 4.69. The molecule has 0 atom stereocenters. The Balaban J connectivity index is 1.75. The van der Waals surface area contributed by atoms with E-state index in [0.717, 1.165) is 11.3 Å². The maximum Gasteiger partial charge on any atom is 0.260 e. The molecule has 0 saturated carbocycles. The van der Waals surface area contributed by atoms with Crippen LogP contribution in [0.4, 0.5) is 5.13 Å². The fourth-order valence-electron chi connectivity index (χ4n) is 1.95. The number of amidine groups is 1. The van der Waals surface area contributed by atoms with Gasteiger partial charge in [0, 0.05) is 12.7 Å². The lowest BCUT2D eigenvalue weighted by atomic mass is 10.2. The van der Waals surface area contributed by atoms with Crippen LogP contribution in [0, 0.1) is 0 Å². The summed E-state index contributed by atoms with van der Waals surface area (Å²) < 4.78 is 26.5. The Morgan fingerprint density at radius 1 is 1.35 bits per heavy atom. The minimum atomic E-state index is -3.43. The molecule has 0 radical (unpaired) electrons. The topological polar surface area (TPSA) is 135 Å². The van der Waals surface area contributed by atoms with E-state index >= 15 is 0 Å². The molecule has 2 amide bonds. The fourth-order valence-corrected chi connectivity index (χ4v) is 3.58. The molecule has 0 unspecified atom stereocenters. The number of aromatic nitrogens is 1. The van der Waals surface area contributed by atoms with Gasteiger partial charge in [0.05, 0.1) is 17.5 Å². The number of sulfonamides is 1. The third-order valence-electron chi connectivity index (χ3n) is 3.06. The molecule has 23 heavy (non-hydrogen) atoms. The molecule has 2 aliphatic heterocycles. The van der Waals surface area contributed by atoms with Gasteiger partial charge in [-0.15, -0.1) is 4.40 Å². The van der Waals surface area contributed by atoms with Gasteiger partial charge in [0.1, 0.15) is 10.7 Å². The summed E-state index contributed by atoms with van der Waals surface area (Å²) in [7, 11) is -3.43. The van der Waals surface area contributed by atoms with E-state index in [1.165, 1.54) is 24.5 Å². The number of nitrogens with one attached hydrogen (secondary N) is 1. The monoisotopic (exact) mass is 353 g/mol. The van der Waals surface area contributed by atoms with Crippen molar-refractivity contribution in [1.29, 1.82) is 0 Å². The van der Waals surface area contributed by atoms with Gasteiger partial charge in [-0.25, -0.2) is 13.4 Å². The number of thiazole rings is 1. The van der Waals surface area contributed by atoms with Crippen molar-refractivity contribution in [2.24, 2.45) is 10.1 Å². The van der Waals surface area contributed by atoms with Gasteiger partial charge < -0.3 is 10.6 Å². The third-order valence-corrected chi connectivity index (χ3v) is 5.15. The van der Waals surface area contributed by atoms with E-state index in [-0.39, 0.29) is 28.1 Å². The predicted octanol–water partition coefficient (Wildman–Crippen LogP) is -0.322. The highest BCUT2D eigenvalue weighted by Gasteiger charge is 2.25. The molecule has 0 spiro atoms. The first-order chi connectivity index (χ1) is 10.8. The third kappa shape index (κ3) is 3.29. The largest absolute Gasteiger partial charge is 0.365 e. The number of anilines is 1. The Bertz CT molecular complexity index is 881. The molecule has 0 aromatic carbocycles. The van der Waals surface area contributed by atoms with Gasteiger partial charge in [-0.05, 0) is 12.2 Å². The van der Waals surface area contributed by atoms with Crippen LogP contribution >= 0.6 is 11.3 Å². The molecule has 0 bridgehead atoms. The molecule has 0 fully saturated rings. The zero-order valence-corrected chi connectivity index (χ0v) is 13.2. The summed E-state index contributed by atoms with van der Waals surface area (Å²) in [4.78, 5) is 28.9. The second kappa shape index (κ2) is 5.59. The maximum atomic E-state index is 12.2. The highest BCUT2D eigenvalue weighted by atomic mass is 32.2. The average molecular weight is 353 g/mol. The average Bonchev–Trinajstić information content (AvgIpc) is 2.94. The highest BCUT2D eigenvalue weighted by molar-refractivity contribution is 7.90. The standard InChI is InChI=1S/C12H11N5O4S2/c13-10(18)8-5-14-12(22-8)15-11(19)7-1-2-9-16-23(20,21)4-3-17(9)6-7/h1-2,5-6H,3-4H2,(H2,13,18)(H,14,15,19). The second-order valence-corrected chi connectivity index (χ2v) is 7.48. The van der Waals surface area contributed by atoms with Crippen LogP contribution in [0.15, 0.2) is 34.5 Å². The van der Waals surface area contributed by atoms with E-state index in [2.05, 4.69) is 14.7 Å². The predicted molar refractivity (Wildman–Crippen MR) is 84.4 cm³/mol. The molecular formula is C12H11N5O4S2. The van der Waals surface area contributed by atoms with Crippen LogP contribution < -0.4 is 11.1 Å². The molecule has 3 N–H and O–H groups in total. The summed E-state index contributed by atoms with van der Waals surface area (Å²) in [6.07, 6.45) is 5.73. The SMILES string of the molecule is NC(=O)c1cnc(NC(=O)C2=CN3CCS(=O)(=O)N=C3C=C2)s1. The normalized spacial score (nSPS) is 18.7. The minimum absolute atomic E-state index is 0.107. The van der Waals surface area contributed by atoms with Crippen molar-refractivity contribution in [3.63, 3.8) is 0 Å². The lowest BCUT2D eigenvalue weighted by molar-refractivity contribution is -0.112. The van der Waals surface area contributed by atoms with Crippen molar-refractivity contribution in [2.75, 3.05) is 17.6 Å². The number of carbonyl (C=O) groups is 2. The van der Waals surface area contributed by atoms with E-state index in [1.807, 2.05) is 0 Å². The van der Waals surface area contributed by atoms with Crippen molar-refractivity contribution in [2.45, 2.75) is 0 Å². The van der Waals surface area contributed by atoms with Crippen molar-refractivity contribution in [1.82, 2.24) is 9.88 Å². The summed E-state index contributed by atoms with van der Waals surface area (Å²) in [5, 5.41) is 2.80. The first-order valence-electron chi connectivity index (χ1n) is 6.40. The van der Waals surface area contributed by atoms with Crippen molar-refractivity contribution < 1.29 is 18.0 Å². The minimum Gasteiger partial charge on any atom is -0.365 e. The number of hydrogen-bond donors (Lipinski definition) is 2. The van der Waals surface area contributed by atoms with Crippen LogP contribution in [0.2, 0.25) is 0 Å². The van der Waals surface area contributed by atoms with Crippen LogP contribution in [-0.2, 0) is 14.8 Å². The lowest BCUT2D eigenvalue weighted by Crippen LogP contribution is -2.37. The van der Waals surface area contributed by atoms with Gasteiger partial charge in [0.25, 0.3) is 21.8 Å². The number of carbonyl (C=O) groups excluding carboxylic acids is 2. The number of hydrogen-bond acceptors (Lipinski definition) is 7. The molecule has 3 heterocycles. The molecule has 120 valence electrons. The molecule has 3 rings (SSSR count). The number of nitrogens with two attached hydrogens (primary N) is 1. The van der Waals surface area contributed by atoms with E-state index < -0.39 is 21.8 Å². The van der Waals surface area contributed by atoms with Crippen LogP contribution in [-0.4, -0.2) is 48.2 Å². The van der Waals surface area contributed by atoms with Crippen molar-refractivity contribution >= 4 is 44.1 Å². The Kier molecular flexibility index (Phi) is 3.74. The Morgan fingerprint density at radius 2 is 2.13 bits per heavy atom. The molecule has 0 aliphatic carbocycles. The summed E-state index contributed by atoms with van der Waals surface area (Å²) in [6, 6.07) is 0. The molecule has 2 aliphatic rings. The zero-order valence-electron chi connectivity index (χ0n) is 11.6. The highest BCUT2D eigenvalue weighted by Crippen LogP contribution is 2.20. The number of primary amides is 1. The summed E-state index contributed by atoms with van der Waals surface area (Å²) in [6.45, 7) is 0.228. The maximum absolute atomic E-state index is 12.2.